The highest BCUT2D eigenvalue weighted by Gasteiger charge is 2.27. The van der Waals surface area contributed by atoms with E-state index in [0.29, 0.717) is 50.4 Å². The highest BCUT2D eigenvalue weighted by molar-refractivity contribution is 7.89. The number of nitrogens with one attached hydrogen (secondary N) is 1. The van der Waals surface area contributed by atoms with Crippen LogP contribution in [-0.2, 0) is 27.8 Å². The number of rotatable bonds is 9. The molecule has 0 saturated carbocycles. The molecule has 1 amide bonds. The lowest BCUT2D eigenvalue weighted by Gasteiger charge is -2.29. The SMILES string of the molecule is COc1cc2c(cc1OC)CN(S(=O)(=O)CCCNC(=O)CC(C)C)CC2. The molecule has 0 atom stereocenters. The molecule has 0 spiro atoms. The van der Waals surface area contributed by atoms with E-state index in [1.54, 1.807) is 14.2 Å². The number of hydrogen-bond donors (Lipinski definition) is 1. The highest BCUT2D eigenvalue weighted by atomic mass is 32.2. The van der Waals surface area contributed by atoms with Gasteiger partial charge in [0, 0.05) is 26.1 Å². The van der Waals surface area contributed by atoms with E-state index in [4.69, 9.17) is 9.47 Å². The maximum absolute atomic E-state index is 12.7. The maximum Gasteiger partial charge on any atom is 0.220 e. The Hall–Kier alpha value is -1.80. The number of amides is 1. The van der Waals surface area contributed by atoms with Crippen molar-refractivity contribution in [1.82, 2.24) is 9.62 Å². The molecule has 0 unspecified atom stereocenters. The van der Waals surface area contributed by atoms with Gasteiger partial charge in [-0.25, -0.2) is 8.42 Å². The number of carbonyl (C=O) groups excluding carboxylic acids is 1. The summed E-state index contributed by atoms with van der Waals surface area (Å²) in [5.41, 5.74) is 2.02. The Bertz CT molecular complexity index is 762. The van der Waals surface area contributed by atoms with Crippen molar-refractivity contribution in [3.05, 3.63) is 23.3 Å². The Balaban J connectivity index is 1.94. The molecule has 1 aliphatic heterocycles. The maximum atomic E-state index is 12.7. The molecule has 27 heavy (non-hydrogen) atoms. The van der Waals surface area contributed by atoms with Gasteiger partial charge in [-0.15, -0.1) is 0 Å². The molecule has 0 aliphatic carbocycles. The Kier molecular flexibility index (Phi) is 7.49. The normalized spacial score (nSPS) is 14.7. The van der Waals surface area contributed by atoms with Crippen LogP contribution in [0.2, 0.25) is 0 Å². The number of methoxy groups -OCH3 is 2. The second kappa shape index (κ2) is 9.41. The van der Waals surface area contributed by atoms with Crippen molar-refractivity contribution in [3.63, 3.8) is 0 Å². The second-order valence-electron chi connectivity index (χ2n) is 7.18. The van der Waals surface area contributed by atoms with Crippen molar-refractivity contribution in [1.29, 1.82) is 0 Å². The van der Waals surface area contributed by atoms with E-state index in [2.05, 4.69) is 5.32 Å². The molecule has 0 bridgehead atoms. The zero-order chi connectivity index (χ0) is 20.0. The third-order valence-electron chi connectivity index (χ3n) is 4.57. The molecule has 1 heterocycles. The lowest BCUT2D eigenvalue weighted by Crippen LogP contribution is -2.38. The van der Waals surface area contributed by atoms with Crippen molar-refractivity contribution in [2.45, 2.75) is 39.7 Å². The summed E-state index contributed by atoms with van der Waals surface area (Å²) in [6, 6.07) is 3.77. The average molecular weight is 399 g/mol. The van der Waals surface area contributed by atoms with Gasteiger partial charge in [-0.3, -0.25) is 4.79 Å². The zero-order valence-corrected chi connectivity index (χ0v) is 17.4. The quantitative estimate of drug-likeness (QED) is 0.643. The molecule has 7 nitrogen and oxygen atoms in total. The lowest BCUT2D eigenvalue weighted by molar-refractivity contribution is -0.121. The summed E-state index contributed by atoms with van der Waals surface area (Å²) in [7, 11) is -0.221. The summed E-state index contributed by atoms with van der Waals surface area (Å²) in [6.07, 6.45) is 1.50. The van der Waals surface area contributed by atoms with Crippen LogP contribution < -0.4 is 14.8 Å². The van der Waals surface area contributed by atoms with Gasteiger partial charge in [0.15, 0.2) is 11.5 Å². The smallest absolute Gasteiger partial charge is 0.220 e. The first-order valence-electron chi connectivity index (χ1n) is 9.25. The van der Waals surface area contributed by atoms with Crippen LogP contribution in [0.4, 0.5) is 0 Å². The van der Waals surface area contributed by atoms with E-state index < -0.39 is 10.0 Å². The minimum atomic E-state index is -3.37. The van der Waals surface area contributed by atoms with E-state index in [9.17, 15) is 13.2 Å². The Morgan fingerprint density at radius 2 is 1.81 bits per heavy atom. The van der Waals surface area contributed by atoms with Crippen LogP contribution in [0.5, 0.6) is 11.5 Å². The molecule has 0 fully saturated rings. The summed E-state index contributed by atoms with van der Waals surface area (Å²) in [5, 5.41) is 2.78. The standard InChI is InChI=1S/C19H30N2O5S/c1-14(2)10-19(22)20-7-5-9-27(23,24)21-8-6-15-11-17(25-3)18(26-4)12-16(15)13-21/h11-12,14H,5-10,13H2,1-4H3,(H,20,22). The van der Waals surface area contributed by atoms with Crippen LogP contribution in [0.15, 0.2) is 12.1 Å². The monoisotopic (exact) mass is 398 g/mol. The fourth-order valence-corrected chi connectivity index (χ4v) is 4.62. The van der Waals surface area contributed by atoms with E-state index in [0.717, 1.165) is 11.1 Å². The van der Waals surface area contributed by atoms with Gasteiger partial charge in [0.05, 0.1) is 20.0 Å². The minimum absolute atomic E-state index is 0.0254. The van der Waals surface area contributed by atoms with Gasteiger partial charge in [-0.2, -0.15) is 4.31 Å². The molecule has 2 rings (SSSR count). The van der Waals surface area contributed by atoms with Gasteiger partial charge in [-0.1, -0.05) is 13.8 Å². The number of sulfonamides is 1. The Morgan fingerprint density at radius 1 is 1.19 bits per heavy atom. The van der Waals surface area contributed by atoms with Gasteiger partial charge in [0.2, 0.25) is 15.9 Å². The molecule has 0 aromatic heterocycles. The van der Waals surface area contributed by atoms with Crippen molar-refractivity contribution in [2.75, 3.05) is 33.1 Å². The molecule has 1 aromatic rings. The summed E-state index contributed by atoms with van der Waals surface area (Å²) >= 11 is 0. The number of fused-ring (bicyclic) bond motifs is 1. The van der Waals surface area contributed by atoms with Crippen LogP contribution in [0.1, 0.15) is 37.8 Å². The first-order chi connectivity index (χ1) is 12.8. The fraction of sp³-hybridized carbons (Fsp3) is 0.632. The number of ether oxygens (including phenoxy) is 2. The molecule has 1 aliphatic rings. The van der Waals surface area contributed by atoms with Crippen LogP contribution in [0, 0.1) is 5.92 Å². The first kappa shape index (κ1) is 21.5. The highest BCUT2D eigenvalue weighted by Crippen LogP contribution is 2.33. The van der Waals surface area contributed by atoms with Gasteiger partial charge in [0.25, 0.3) is 0 Å². The molecule has 8 heteroatoms. The number of carbonyl (C=O) groups is 1. The molecule has 152 valence electrons. The van der Waals surface area contributed by atoms with Gasteiger partial charge in [0.1, 0.15) is 0 Å². The fourth-order valence-electron chi connectivity index (χ4n) is 3.15. The predicted octanol–water partition coefficient (Wildman–Crippen LogP) is 1.94. The molecule has 0 radical (unpaired) electrons. The largest absolute Gasteiger partial charge is 0.493 e. The minimum Gasteiger partial charge on any atom is -0.493 e. The molecule has 1 N–H and O–H groups in total. The van der Waals surface area contributed by atoms with E-state index >= 15 is 0 Å². The van der Waals surface area contributed by atoms with Gasteiger partial charge in [-0.05, 0) is 42.0 Å². The van der Waals surface area contributed by atoms with Gasteiger partial charge >= 0.3 is 0 Å². The summed E-state index contributed by atoms with van der Waals surface area (Å²) in [5.74, 6) is 1.54. The molecule has 0 saturated heterocycles. The summed E-state index contributed by atoms with van der Waals surface area (Å²) in [4.78, 5) is 11.6. The van der Waals surface area contributed by atoms with Crippen molar-refractivity contribution >= 4 is 15.9 Å². The molecule has 1 aromatic carbocycles. The molecular formula is C19H30N2O5S. The number of nitrogens with zero attached hydrogens (tertiary/aromatic N) is 1. The van der Waals surface area contributed by atoms with Crippen LogP contribution in [0.25, 0.3) is 0 Å². The lowest BCUT2D eigenvalue weighted by atomic mass is 10.0. The van der Waals surface area contributed by atoms with E-state index in [1.165, 1.54) is 4.31 Å². The third kappa shape index (κ3) is 5.84. The predicted molar refractivity (Wildman–Crippen MR) is 105 cm³/mol. The first-order valence-corrected chi connectivity index (χ1v) is 10.9. The van der Waals surface area contributed by atoms with Crippen LogP contribution >= 0.6 is 0 Å². The van der Waals surface area contributed by atoms with Crippen molar-refractivity contribution < 1.29 is 22.7 Å². The summed E-state index contributed by atoms with van der Waals surface area (Å²) < 4.78 is 37.4. The Morgan fingerprint density at radius 3 is 2.41 bits per heavy atom. The van der Waals surface area contributed by atoms with E-state index in [1.807, 2.05) is 26.0 Å². The molecular weight excluding hydrogens is 368 g/mol. The summed E-state index contributed by atoms with van der Waals surface area (Å²) in [6.45, 7) is 5.11. The second-order valence-corrected chi connectivity index (χ2v) is 9.27. The Labute approximate surface area is 162 Å². The number of hydrogen-bond acceptors (Lipinski definition) is 5. The van der Waals surface area contributed by atoms with Crippen molar-refractivity contribution in [3.8, 4) is 11.5 Å². The average Bonchev–Trinajstić information content (AvgIpc) is 2.63. The van der Waals surface area contributed by atoms with Crippen LogP contribution in [0.3, 0.4) is 0 Å². The topological polar surface area (TPSA) is 84.9 Å². The van der Waals surface area contributed by atoms with Gasteiger partial charge < -0.3 is 14.8 Å². The zero-order valence-electron chi connectivity index (χ0n) is 16.6. The van der Waals surface area contributed by atoms with E-state index in [-0.39, 0.29) is 17.6 Å². The number of benzene rings is 1. The van der Waals surface area contributed by atoms with Crippen molar-refractivity contribution in [2.24, 2.45) is 5.92 Å². The van der Waals surface area contributed by atoms with Crippen LogP contribution in [-0.4, -0.2) is 51.7 Å². The third-order valence-corrected chi connectivity index (χ3v) is 6.47.